The first kappa shape index (κ1) is 24.4. The van der Waals surface area contributed by atoms with Gasteiger partial charge in [0.25, 0.3) is 0 Å². The molecule has 2 fully saturated rings. The van der Waals surface area contributed by atoms with E-state index in [9.17, 15) is 4.79 Å². The van der Waals surface area contributed by atoms with Crippen LogP contribution in [-0.2, 0) is 16.1 Å². The molecule has 0 saturated carbocycles. The van der Waals surface area contributed by atoms with E-state index in [0.717, 1.165) is 61.7 Å². The van der Waals surface area contributed by atoms with Crippen LogP contribution in [0.5, 0.6) is 0 Å². The van der Waals surface area contributed by atoms with E-state index in [0.29, 0.717) is 10.8 Å². The van der Waals surface area contributed by atoms with E-state index in [1.165, 1.54) is 24.6 Å². The average Bonchev–Trinajstić information content (AvgIpc) is 3.48. The molecule has 0 N–H and O–H groups in total. The van der Waals surface area contributed by atoms with Gasteiger partial charge in [0, 0.05) is 31.8 Å². The van der Waals surface area contributed by atoms with Crippen LogP contribution in [0.15, 0.2) is 29.4 Å². The minimum atomic E-state index is -0.0361. The maximum Gasteiger partial charge on any atom is 0.233 e. The maximum atomic E-state index is 13.0. The highest BCUT2D eigenvalue weighted by atomic mass is 35.5. The highest BCUT2D eigenvalue weighted by molar-refractivity contribution is 7.99. The van der Waals surface area contributed by atoms with Crippen LogP contribution in [0.2, 0.25) is 5.02 Å². The molecule has 0 aliphatic carbocycles. The fraction of sp³-hybridized carbons (Fsp3) is 0.625. The number of carbonyl (C=O) groups excluding carboxylic acids is 1. The van der Waals surface area contributed by atoms with Gasteiger partial charge in [-0.1, -0.05) is 42.4 Å². The van der Waals surface area contributed by atoms with E-state index < -0.39 is 0 Å². The SMILES string of the molecule is CC1CCN(c2nnc(SCC(=O)N(C)C(C)c3ccc(Cl)cc3)n2CC2CCCO2)CC1. The monoisotopic (exact) mass is 491 g/mol. The van der Waals surface area contributed by atoms with E-state index in [1.807, 2.05) is 38.2 Å². The highest BCUT2D eigenvalue weighted by Crippen LogP contribution is 2.29. The largest absolute Gasteiger partial charge is 0.376 e. The molecular formula is C24H34ClN5O2S. The molecule has 0 bridgehead atoms. The number of hydrogen-bond donors (Lipinski definition) is 0. The van der Waals surface area contributed by atoms with Gasteiger partial charge in [0.05, 0.1) is 24.4 Å². The zero-order valence-corrected chi connectivity index (χ0v) is 21.3. The van der Waals surface area contributed by atoms with Crippen LogP contribution in [0.3, 0.4) is 0 Å². The highest BCUT2D eigenvalue weighted by Gasteiger charge is 2.27. The van der Waals surface area contributed by atoms with Crippen LogP contribution in [0.25, 0.3) is 0 Å². The second-order valence-electron chi connectivity index (χ2n) is 9.22. The van der Waals surface area contributed by atoms with Crippen molar-refractivity contribution in [3.05, 3.63) is 34.9 Å². The molecule has 1 amide bonds. The molecule has 2 atom stereocenters. The second kappa shape index (κ2) is 11.1. The quantitative estimate of drug-likeness (QED) is 0.500. The summed E-state index contributed by atoms with van der Waals surface area (Å²) in [5, 5.41) is 10.5. The third-order valence-corrected chi connectivity index (χ3v) is 8.03. The number of rotatable bonds is 8. The van der Waals surface area contributed by atoms with Crippen molar-refractivity contribution in [3.63, 3.8) is 0 Å². The summed E-state index contributed by atoms with van der Waals surface area (Å²) in [6.45, 7) is 7.88. The van der Waals surface area contributed by atoms with E-state index >= 15 is 0 Å². The number of anilines is 1. The van der Waals surface area contributed by atoms with Gasteiger partial charge in [-0.05, 0) is 56.2 Å². The van der Waals surface area contributed by atoms with Crippen molar-refractivity contribution in [1.29, 1.82) is 0 Å². The van der Waals surface area contributed by atoms with Gasteiger partial charge in [-0.2, -0.15) is 0 Å². The summed E-state index contributed by atoms with van der Waals surface area (Å²) < 4.78 is 8.08. The summed E-state index contributed by atoms with van der Waals surface area (Å²) in [4.78, 5) is 17.1. The Bertz CT molecular complexity index is 923. The third kappa shape index (κ3) is 6.03. The molecule has 2 aromatic rings. The zero-order chi connectivity index (χ0) is 23.4. The lowest BCUT2D eigenvalue weighted by molar-refractivity contribution is -0.128. The lowest BCUT2D eigenvalue weighted by Crippen LogP contribution is -2.35. The van der Waals surface area contributed by atoms with Crippen LogP contribution in [0.4, 0.5) is 5.95 Å². The first-order valence-electron chi connectivity index (χ1n) is 11.9. The smallest absolute Gasteiger partial charge is 0.233 e. The Labute approximate surface area is 205 Å². The molecule has 4 rings (SSSR count). The Morgan fingerprint density at radius 3 is 2.64 bits per heavy atom. The topological polar surface area (TPSA) is 63.5 Å². The number of benzene rings is 1. The van der Waals surface area contributed by atoms with Crippen molar-refractivity contribution < 1.29 is 9.53 Å². The van der Waals surface area contributed by atoms with Crippen molar-refractivity contribution >= 4 is 35.2 Å². The predicted octanol–water partition coefficient (Wildman–Crippen LogP) is 4.66. The molecule has 2 aliphatic rings. The lowest BCUT2D eigenvalue weighted by atomic mass is 10.00. The van der Waals surface area contributed by atoms with Gasteiger partial charge in [-0.3, -0.25) is 9.36 Å². The molecule has 2 saturated heterocycles. The van der Waals surface area contributed by atoms with Gasteiger partial charge in [-0.15, -0.1) is 10.2 Å². The number of thioether (sulfide) groups is 1. The Kier molecular flexibility index (Phi) is 8.20. The Morgan fingerprint density at radius 2 is 1.97 bits per heavy atom. The summed E-state index contributed by atoms with van der Waals surface area (Å²) in [6.07, 6.45) is 4.67. The molecule has 7 nitrogen and oxygen atoms in total. The van der Waals surface area contributed by atoms with E-state index in [4.69, 9.17) is 16.3 Å². The molecule has 1 aromatic heterocycles. The molecule has 9 heteroatoms. The van der Waals surface area contributed by atoms with Crippen LogP contribution >= 0.6 is 23.4 Å². The number of nitrogens with zero attached hydrogens (tertiary/aromatic N) is 5. The van der Waals surface area contributed by atoms with E-state index in [2.05, 4.69) is 26.6 Å². The van der Waals surface area contributed by atoms with E-state index in [-0.39, 0.29) is 18.1 Å². The lowest BCUT2D eigenvalue weighted by Gasteiger charge is -2.31. The molecule has 0 spiro atoms. The Morgan fingerprint density at radius 1 is 1.24 bits per heavy atom. The number of aromatic nitrogens is 3. The number of ether oxygens (including phenoxy) is 1. The van der Waals surface area contributed by atoms with E-state index in [1.54, 1.807) is 4.90 Å². The molecule has 2 aliphatic heterocycles. The number of halogens is 1. The van der Waals surface area contributed by atoms with Crippen molar-refractivity contribution in [2.75, 3.05) is 37.4 Å². The molecular weight excluding hydrogens is 458 g/mol. The van der Waals surface area contributed by atoms with Crippen molar-refractivity contribution in [3.8, 4) is 0 Å². The van der Waals surface area contributed by atoms with Gasteiger partial charge in [-0.25, -0.2) is 0 Å². The average molecular weight is 492 g/mol. The predicted molar refractivity (Wildman–Crippen MR) is 133 cm³/mol. The fourth-order valence-corrected chi connectivity index (χ4v) is 5.38. The van der Waals surface area contributed by atoms with Crippen molar-refractivity contribution in [2.24, 2.45) is 5.92 Å². The van der Waals surface area contributed by atoms with Crippen molar-refractivity contribution in [2.45, 2.75) is 63.4 Å². The number of carbonyl (C=O) groups is 1. The van der Waals surface area contributed by atoms with Gasteiger partial charge in [0.2, 0.25) is 11.9 Å². The van der Waals surface area contributed by atoms with Gasteiger partial charge < -0.3 is 14.5 Å². The van der Waals surface area contributed by atoms with Crippen LogP contribution in [-0.4, -0.2) is 64.2 Å². The van der Waals surface area contributed by atoms with Gasteiger partial charge in [0.15, 0.2) is 5.16 Å². The van der Waals surface area contributed by atoms with Gasteiger partial charge >= 0.3 is 0 Å². The zero-order valence-electron chi connectivity index (χ0n) is 19.7. The maximum absolute atomic E-state index is 13.0. The fourth-order valence-electron chi connectivity index (χ4n) is 4.39. The van der Waals surface area contributed by atoms with Gasteiger partial charge in [0.1, 0.15) is 0 Å². The Hall–Kier alpha value is -1.77. The summed E-state index contributed by atoms with van der Waals surface area (Å²) in [6, 6.07) is 7.61. The number of piperidine rings is 1. The molecule has 2 unspecified atom stereocenters. The summed E-state index contributed by atoms with van der Waals surface area (Å²) in [7, 11) is 1.85. The second-order valence-corrected chi connectivity index (χ2v) is 10.6. The number of hydrogen-bond acceptors (Lipinski definition) is 6. The third-order valence-electron chi connectivity index (χ3n) is 6.83. The van der Waals surface area contributed by atoms with Crippen LogP contribution in [0.1, 0.15) is 51.1 Å². The minimum absolute atomic E-state index is 0.0361. The first-order valence-corrected chi connectivity index (χ1v) is 13.2. The first-order chi connectivity index (χ1) is 15.9. The summed E-state index contributed by atoms with van der Waals surface area (Å²) >= 11 is 7.47. The molecule has 1 aromatic carbocycles. The Balaban J connectivity index is 1.43. The summed E-state index contributed by atoms with van der Waals surface area (Å²) in [5.41, 5.74) is 1.06. The molecule has 33 heavy (non-hydrogen) atoms. The standard InChI is InChI=1S/C24H34ClN5O2S/c1-17-10-12-29(13-11-17)23-26-27-24(30(23)15-21-5-4-14-32-21)33-16-22(31)28(3)18(2)19-6-8-20(25)9-7-19/h6-9,17-18,21H,4-5,10-16H2,1-3H3. The number of amides is 1. The van der Waals surface area contributed by atoms with Crippen LogP contribution in [0, 0.1) is 5.92 Å². The minimum Gasteiger partial charge on any atom is -0.376 e. The normalized spacial score (nSPS) is 20.2. The van der Waals surface area contributed by atoms with Crippen LogP contribution < -0.4 is 4.90 Å². The van der Waals surface area contributed by atoms with Crippen molar-refractivity contribution in [1.82, 2.24) is 19.7 Å². The molecule has 180 valence electrons. The summed E-state index contributed by atoms with van der Waals surface area (Å²) in [5.74, 6) is 2.04. The molecule has 3 heterocycles. The molecule has 0 radical (unpaired) electrons.